The van der Waals surface area contributed by atoms with Gasteiger partial charge in [0.15, 0.2) is 0 Å². The molecule has 30 heavy (non-hydrogen) atoms. The van der Waals surface area contributed by atoms with Crippen LogP contribution in [0.15, 0.2) is 48.5 Å². The van der Waals surface area contributed by atoms with Gasteiger partial charge in [-0.1, -0.05) is 24.3 Å². The maximum atomic E-state index is 11.4. The van der Waals surface area contributed by atoms with Gasteiger partial charge in [-0.2, -0.15) is 0 Å². The van der Waals surface area contributed by atoms with Crippen molar-refractivity contribution in [2.45, 2.75) is 55.6 Å². The Balaban J connectivity index is 1.55. The third-order valence-corrected chi connectivity index (χ3v) is 8.03. The van der Waals surface area contributed by atoms with Crippen molar-refractivity contribution in [3.8, 4) is 11.5 Å². The number of methoxy groups -OCH3 is 2. The summed E-state index contributed by atoms with van der Waals surface area (Å²) in [6, 6.07) is 17.1. The summed E-state index contributed by atoms with van der Waals surface area (Å²) in [6.45, 7) is 2.34. The maximum absolute atomic E-state index is 11.4. The van der Waals surface area contributed by atoms with E-state index in [-0.39, 0.29) is 17.6 Å². The average Bonchev–Trinajstić information content (AvgIpc) is 3.35. The summed E-state index contributed by atoms with van der Waals surface area (Å²) >= 11 is 0. The van der Waals surface area contributed by atoms with E-state index in [1.165, 1.54) is 37.1 Å². The maximum Gasteiger partial charge on any atom is 0.118 e. The molecular weight excluding hydrogens is 374 g/mol. The van der Waals surface area contributed by atoms with E-state index in [0.29, 0.717) is 11.8 Å². The molecule has 1 N–H and O–H groups in total. The van der Waals surface area contributed by atoms with Gasteiger partial charge in [0.2, 0.25) is 0 Å². The van der Waals surface area contributed by atoms with Crippen molar-refractivity contribution in [3.63, 3.8) is 0 Å². The van der Waals surface area contributed by atoms with Crippen LogP contribution in [0.3, 0.4) is 0 Å². The van der Waals surface area contributed by atoms with Gasteiger partial charge in [-0.05, 0) is 98.3 Å². The van der Waals surface area contributed by atoms with Crippen LogP contribution in [0.2, 0.25) is 0 Å². The topological polar surface area (TPSA) is 41.9 Å². The van der Waals surface area contributed by atoms with Gasteiger partial charge < -0.3 is 14.6 Å². The molecule has 3 aliphatic carbocycles. The predicted molar refractivity (Wildman–Crippen MR) is 118 cm³/mol. The van der Waals surface area contributed by atoms with E-state index in [1.54, 1.807) is 14.2 Å². The Labute approximate surface area is 179 Å². The Morgan fingerprint density at radius 2 is 1.23 bits per heavy atom. The number of hydrogen-bond acceptors (Lipinski definition) is 4. The van der Waals surface area contributed by atoms with E-state index in [9.17, 15) is 5.11 Å². The van der Waals surface area contributed by atoms with E-state index in [1.807, 2.05) is 0 Å². The van der Waals surface area contributed by atoms with Gasteiger partial charge in [0.05, 0.1) is 20.3 Å². The fourth-order valence-electron chi connectivity index (χ4n) is 6.64. The van der Waals surface area contributed by atoms with Crippen molar-refractivity contribution in [3.05, 3.63) is 59.7 Å². The molecule has 0 radical (unpaired) electrons. The first-order valence-corrected chi connectivity index (χ1v) is 11.3. The molecule has 6 rings (SSSR count). The van der Waals surface area contributed by atoms with E-state index < -0.39 is 0 Å². The summed E-state index contributed by atoms with van der Waals surface area (Å²) in [5.41, 5.74) is 2.77. The Hall–Kier alpha value is -2.04. The molecule has 1 unspecified atom stereocenters. The van der Waals surface area contributed by atoms with Crippen LogP contribution < -0.4 is 9.47 Å². The van der Waals surface area contributed by atoms with E-state index in [2.05, 4.69) is 53.4 Å². The third kappa shape index (κ3) is 3.30. The van der Waals surface area contributed by atoms with Gasteiger partial charge in [0.25, 0.3) is 0 Å². The van der Waals surface area contributed by atoms with Crippen LogP contribution in [0.5, 0.6) is 11.5 Å². The van der Waals surface area contributed by atoms with Crippen molar-refractivity contribution < 1.29 is 14.6 Å². The van der Waals surface area contributed by atoms with Gasteiger partial charge in [0.1, 0.15) is 11.5 Å². The summed E-state index contributed by atoms with van der Waals surface area (Å²) in [4.78, 5) is 2.71. The molecular formula is C26H33NO3. The number of ether oxygens (including phenoxy) is 2. The molecule has 160 valence electrons. The lowest BCUT2D eigenvalue weighted by Gasteiger charge is -2.60. The number of fused-ring (bicyclic) bond motifs is 3. The van der Waals surface area contributed by atoms with Gasteiger partial charge in [-0.15, -0.1) is 0 Å². The smallest absolute Gasteiger partial charge is 0.118 e. The summed E-state index contributed by atoms with van der Waals surface area (Å²) in [5, 5.41) is 11.4. The first kappa shape index (κ1) is 19.9. The highest BCUT2D eigenvalue weighted by atomic mass is 16.5. The number of hydrogen-bond donors (Lipinski definition) is 1. The van der Waals surface area contributed by atoms with Crippen LogP contribution in [0.25, 0.3) is 0 Å². The van der Waals surface area contributed by atoms with Crippen molar-refractivity contribution in [2.75, 3.05) is 27.3 Å². The zero-order chi connectivity index (χ0) is 20.7. The van der Waals surface area contributed by atoms with Crippen LogP contribution in [0.4, 0.5) is 0 Å². The summed E-state index contributed by atoms with van der Waals surface area (Å²) in [6.07, 6.45) is 5.49. The van der Waals surface area contributed by atoms with Gasteiger partial charge in [0, 0.05) is 5.54 Å². The van der Waals surface area contributed by atoms with Crippen LogP contribution in [-0.2, 0) is 0 Å². The lowest BCUT2D eigenvalue weighted by molar-refractivity contribution is -0.0988. The Bertz CT molecular complexity index is 799. The monoisotopic (exact) mass is 407 g/mol. The fourth-order valence-corrected chi connectivity index (χ4v) is 6.64. The molecule has 4 fully saturated rings. The van der Waals surface area contributed by atoms with E-state index in [4.69, 9.17) is 9.47 Å². The molecule has 0 amide bonds. The lowest BCUT2D eigenvalue weighted by atomic mass is 9.51. The molecule has 0 aromatic heterocycles. The standard InChI is InChI=1S/C26H33NO3/c1-29-20-9-5-18(6-10-20)22-15-26(27-13-3-4-14-27)16-23(25(22)24(28)17-26)19-7-11-21(30-2)12-8-19/h5-12,22-25,28H,3-4,13-17H2,1-2H3/t22-,23-,24?,25?,26?/m0/s1. The second-order valence-electron chi connectivity index (χ2n) is 9.43. The second kappa shape index (κ2) is 7.90. The molecule has 2 bridgehead atoms. The van der Waals surface area contributed by atoms with Crippen LogP contribution >= 0.6 is 0 Å². The molecule has 3 saturated carbocycles. The predicted octanol–water partition coefficient (Wildman–Crippen LogP) is 4.58. The molecule has 3 atom stereocenters. The normalized spacial score (nSPS) is 33.6. The highest BCUT2D eigenvalue weighted by Gasteiger charge is 2.57. The molecule has 1 saturated heterocycles. The molecule has 2 aromatic rings. The van der Waals surface area contributed by atoms with Gasteiger partial charge in [-0.3, -0.25) is 4.90 Å². The minimum absolute atomic E-state index is 0.0971. The van der Waals surface area contributed by atoms with Crippen LogP contribution in [0, 0.1) is 5.92 Å². The molecule has 0 spiro atoms. The minimum atomic E-state index is -0.271. The Kier molecular flexibility index (Phi) is 5.24. The molecule has 1 heterocycles. The highest BCUT2D eigenvalue weighted by molar-refractivity contribution is 5.37. The zero-order valence-corrected chi connectivity index (χ0v) is 18.1. The van der Waals surface area contributed by atoms with Crippen LogP contribution in [0.1, 0.15) is 55.1 Å². The second-order valence-corrected chi connectivity index (χ2v) is 9.43. The summed E-state index contributed by atoms with van der Waals surface area (Å²) < 4.78 is 10.8. The quantitative estimate of drug-likeness (QED) is 0.788. The summed E-state index contributed by atoms with van der Waals surface area (Å²) in [7, 11) is 3.42. The zero-order valence-electron chi connectivity index (χ0n) is 18.1. The first-order valence-electron chi connectivity index (χ1n) is 11.3. The van der Waals surface area contributed by atoms with Crippen molar-refractivity contribution in [1.29, 1.82) is 0 Å². The third-order valence-electron chi connectivity index (χ3n) is 8.03. The Morgan fingerprint density at radius 1 is 0.767 bits per heavy atom. The first-order chi connectivity index (χ1) is 14.6. The number of nitrogens with zero attached hydrogens (tertiary/aromatic N) is 1. The average molecular weight is 408 g/mol. The summed E-state index contributed by atoms with van der Waals surface area (Å²) in [5.74, 6) is 2.75. The van der Waals surface area contributed by atoms with Crippen LogP contribution in [-0.4, -0.2) is 49.0 Å². The van der Waals surface area contributed by atoms with Crippen molar-refractivity contribution in [1.82, 2.24) is 4.90 Å². The molecule has 1 aliphatic heterocycles. The number of rotatable bonds is 5. The van der Waals surface area contributed by atoms with E-state index >= 15 is 0 Å². The number of aliphatic hydroxyl groups is 1. The molecule has 4 nitrogen and oxygen atoms in total. The Morgan fingerprint density at radius 3 is 1.67 bits per heavy atom. The molecule has 2 aromatic carbocycles. The molecule has 4 heteroatoms. The largest absolute Gasteiger partial charge is 0.497 e. The van der Waals surface area contributed by atoms with E-state index in [0.717, 1.165) is 30.8 Å². The fraction of sp³-hybridized carbons (Fsp3) is 0.538. The van der Waals surface area contributed by atoms with Gasteiger partial charge >= 0.3 is 0 Å². The highest BCUT2D eigenvalue weighted by Crippen LogP contribution is 2.60. The lowest BCUT2D eigenvalue weighted by Crippen LogP contribution is -2.62. The van der Waals surface area contributed by atoms with Gasteiger partial charge in [-0.25, -0.2) is 0 Å². The van der Waals surface area contributed by atoms with Crippen molar-refractivity contribution in [2.24, 2.45) is 5.92 Å². The minimum Gasteiger partial charge on any atom is -0.497 e. The number of aliphatic hydroxyl groups excluding tert-OH is 1. The number of likely N-dealkylation sites (tertiary alicyclic amines) is 1. The van der Waals surface area contributed by atoms with Crippen molar-refractivity contribution >= 4 is 0 Å². The number of benzene rings is 2. The SMILES string of the molecule is COc1ccc([C@@H]2CC3(N4CCCC4)CC(O)C2[C@H](c2ccc(OC)cc2)C3)cc1. The molecule has 4 aliphatic rings.